The molecule has 0 aromatic rings. The first-order valence-corrected chi connectivity index (χ1v) is 21.6. The Kier molecular flexibility index (Phi) is 21.3. The molecular formula is C40H74O4S. The van der Waals surface area contributed by atoms with Gasteiger partial charge in [-0.1, -0.05) is 51.4 Å². The molecular weight excluding hydrogens is 577 g/mol. The number of rotatable bonds is 24. The Hall–Kier alpha value is 0.190. The van der Waals surface area contributed by atoms with E-state index >= 15 is 0 Å². The molecule has 0 saturated carbocycles. The van der Waals surface area contributed by atoms with Gasteiger partial charge < -0.3 is 18.9 Å². The number of unbranched alkanes of at least 4 members (excludes halogenated alkanes) is 6. The number of hydrogen-bond donors (Lipinski definition) is 0. The van der Waals surface area contributed by atoms with Crippen LogP contribution in [-0.2, 0) is 18.9 Å². The first-order chi connectivity index (χ1) is 22.4. The van der Waals surface area contributed by atoms with Gasteiger partial charge in [0.1, 0.15) is 0 Å². The van der Waals surface area contributed by atoms with Crippen LogP contribution in [0.1, 0.15) is 180 Å². The van der Waals surface area contributed by atoms with Crippen LogP contribution >= 0.6 is 11.8 Å². The maximum Gasteiger partial charge on any atom is 0.0603 e. The molecule has 5 heteroatoms. The molecule has 6 unspecified atom stereocenters. The molecule has 0 aromatic carbocycles. The predicted molar refractivity (Wildman–Crippen MR) is 193 cm³/mol. The average Bonchev–Trinajstić information content (AvgIpc) is 3.10. The van der Waals surface area contributed by atoms with Crippen LogP contribution in [0.25, 0.3) is 0 Å². The second-order valence-corrected chi connectivity index (χ2v) is 16.4. The molecule has 0 aliphatic carbocycles. The van der Waals surface area contributed by atoms with Gasteiger partial charge in [-0.3, -0.25) is 0 Å². The highest BCUT2D eigenvalue weighted by molar-refractivity contribution is 7.99. The van der Waals surface area contributed by atoms with Crippen molar-refractivity contribution in [3.63, 3.8) is 0 Å². The van der Waals surface area contributed by atoms with E-state index in [1.54, 1.807) is 0 Å². The van der Waals surface area contributed by atoms with Crippen molar-refractivity contribution in [2.45, 2.75) is 204 Å². The zero-order valence-corrected chi connectivity index (χ0v) is 30.4. The first-order valence-electron chi connectivity index (χ1n) is 20.4. The average molecular weight is 651 g/mol. The highest BCUT2D eigenvalue weighted by atomic mass is 32.2. The van der Waals surface area contributed by atoms with Gasteiger partial charge in [-0.15, -0.1) is 0 Å². The van der Waals surface area contributed by atoms with Gasteiger partial charge in [-0.05, 0) is 152 Å². The van der Waals surface area contributed by atoms with Gasteiger partial charge in [0, 0.05) is 26.4 Å². The molecule has 4 aliphatic rings. The smallest absolute Gasteiger partial charge is 0.0603 e. The molecule has 4 heterocycles. The summed E-state index contributed by atoms with van der Waals surface area (Å²) in [6.45, 7) is 3.98. The van der Waals surface area contributed by atoms with Gasteiger partial charge >= 0.3 is 0 Å². The van der Waals surface area contributed by atoms with E-state index in [2.05, 4.69) is 11.8 Å². The van der Waals surface area contributed by atoms with Crippen molar-refractivity contribution in [1.82, 2.24) is 0 Å². The summed E-state index contributed by atoms with van der Waals surface area (Å²) in [5.41, 5.74) is 0. The van der Waals surface area contributed by atoms with Crippen LogP contribution in [-0.4, -0.2) is 62.3 Å². The van der Waals surface area contributed by atoms with Gasteiger partial charge in [0.2, 0.25) is 0 Å². The predicted octanol–water partition coefficient (Wildman–Crippen LogP) is 11.5. The zero-order chi connectivity index (χ0) is 31.0. The zero-order valence-electron chi connectivity index (χ0n) is 29.5. The molecule has 4 fully saturated rings. The lowest BCUT2D eigenvalue weighted by Gasteiger charge is -2.31. The SMILES string of the molecule is C(CCCC(CCCC1CCCCO1)C1CCCCO1)CCSCCCCCCC(CCCC1CCCCO1)C1CCCCO1. The van der Waals surface area contributed by atoms with Crippen LogP contribution in [0.3, 0.4) is 0 Å². The standard InChI is InChI=1S/C40H74O4S/c1(5-19-35(39-27-9-13-31-43-39)21-17-25-37-23-7-11-29-41-37)3-15-33-45-34-16-4-2-6-20-36(40-28-10-14-32-44-40)22-18-26-38-24-8-12-30-42-38/h35-40H,1-34H2. The normalized spacial score (nSPS) is 27.7. The fourth-order valence-electron chi connectivity index (χ4n) is 8.62. The third-order valence-corrected chi connectivity index (χ3v) is 12.6. The van der Waals surface area contributed by atoms with Crippen molar-refractivity contribution in [2.24, 2.45) is 11.8 Å². The topological polar surface area (TPSA) is 36.9 Å². The van der Waals surface area contributed by atoms with Crippen LogP contribution in [0.15, 0.2) is 0 Å². The monoisotopic (exact) mass is 651 g/mol. The molecule has 0 bridgehead atoms. The van der Waals surface area contributed by atoms with Crippen LogP contribution in [0, 0.1) is 11.8 Å². The fourth-order valence-corrected chi connectivity index (χ4v) is 9.64. The van der Waals surface area contributed by atoms with Gasteiger partial charge in [-0.2, -0.15) is 11.8 Å². The summed E-state index contributed by atoms with van der Waals surface area (Å²) in [6, 6.07) is 0. The van der Waals surface area contributed by atoms with E-state index < -0.39 is 0 Å². The lowest BCUT2D eigenvalue weighted by molar-refractivity contribution is -0.0297. The molecule has 264 valence electrons. The molecule has 0 radical (unpaired) electrons. The maximum absolute atomic E-state index is 6.27. The molecule has 0 spiro atoms. The highest BCUT2D eigenvalue weighted by Crippen LogP contribution is 2.31. The Balaban J connectivity index is 0.966. The molecule has 4 saturated heterocycles. The van der Waals surface area contributed by atoms with E-state index in [0.29, 0.717) is 24.4 Å². The summed E-state index contributed by atoms with van der Waals surface area (Å²) >= 11 is 2.21. The summed E-state index contributed by atoms with van der Waals surface area (Å²) in [5, 5.41) is 0. The lowest BCUT2D eigenvalue weighted by Crippen LogP contribution is -2.28. The molecule has 4 nitrogen and oxygen atoms in total. The summed E-state index contributed by atoms with van der Waals surface area (Å²) in [5.74, 6) is 4.29. The van der Waals surface area contributed by atoms with Crippen molar-refractivity contribution in [2.75, 3.05) is 37.9 Å². The Morgan fingerprint density at radius 3 is 1.20 bits per heavy atom. The fraction of sp³-hybridized carbons (Fsp3) is 1.00. The van der Waals surface area contributed by atoms with Crippen molar-refractivity contribution >= 4 is 11.8 Å². The molecule has 0 N–H and O–H groups in total. The molecule has 0 aromatic heterocycles. The summed E-state index contributed by atoms with van der Waals surface area (Å²) in [4.78, 5) is 0. The summed E-state index contributed by atoms with van der Waals surface area (Å²) in [6.07, 6.45) is 39.8. The molecule has 4 aliphatic heterocycles. The van der Waals surface area contributed by atoms with E-state index in [4.69, 9.17) is 18.9 Å². The van der Waals surface area contributed by atoms with Crippen LogP contribution < -0.4 is 0 Å². The third-order valence-electron chi connectivity index (χ3n) is 11.5. The van der Waals surface area contributed by atoms with E-state index in [0.717, 1.165) is 38.3 Å². The molecule has 0 amide bonds. The number of ether oxygens (including phenoxy) is 4. The van der Waals surface area contributed by atoms with Gasteiger partial charge in [0.15, 0.2) is 0 Å². The summed E-state index contributed by atoms with van der Waals surface area (Å²) in [7, 11) is 0. The maximum atomic E-state index is 6.27. The first kappa shape index (κ1) is 38.0. The Bertz CT molecular complexity index is 611. The van der Waals surface area contributed by atoms with Crippen molar-refractivity contribution in [3.8, 4) is 0 Å². The Labute approximate surface area is 284 Å². The number of thioether (sulfide) groups is 1. The molecule has 45 heavy (non-hydrogen) atoms. The Morgan fingerprint density at radius 1 is 0.400 bits per heavy atom. The van der Waals surface area contributed by atoms with Gasteiger partial charge in [0.25, 0.3) is 0 Å². The van der Waals surface area contributed by atoms with Crippen molar-refractivity contribution in [3.05, 3.63) is 0 Å². The second-order valence-electron chi connectivity index (χ2n) is 15.2. The van der Waals surface area contributed by atoms with Crippen LogP contribution in [0.2, 0.25) is 0 Å². The highest BCUT2D eigenvalue weighted by Gasteiger charge is 2.26. The van der Waals surface area contributed by atoms with E-state index in [1.165, 1.54) is 191 Å². The Morgan fingerprint density at radius 2 is 0.800 bits per heavy atom. The minimum atomic E-state index is 0.536. The van der Waals surface area contributed by atoms with Crippen molar-refractivity contribution < 1.29 is 18.9 Å². The minimum absolute atomic E-state index is 0.536. The lowest BCUT2D eigenvalue weighted by atomic mass is 9.86. The van der Waals surface area contributed by atoms with Crippen LogP contribution in [0.5, 0.6) is 0 Å². The van der Waals surface area contributed by atoms with E-state index in [1.807, 2.05) is 0 Å². The van der Waals surface area contributed by atoms with Gasteiger partial charge in [-0.25, -0.2) is 0 Å². The van der Waals surface area contributed by atoms with Gasteiger partial charge in [0.05, 0.1) is 24.4 Å². The van der Waals surface area contributed by atoms with Crippen molar-refractivity contribution in [1.29, 1.82) is 0 Å². The minimum Gasteiger partial charge on any atom is -0.378 e. The second kappa shape index (κ2) is 25.2. The van der Waals surface area contributed by atoms with E-state index in [-0.39, 0.29) is 0 Å². The van der Waals surface area contributed by atoms with E-state index in [9.17, 15) is 0 Å². The van der Waals surface area contributed by atoms with Crippen LogP contribution in [0.4, 0.5) is 0 Å². The largest absolute Gasteiger partial charge is 0.378 e. The summed E-state index contributed by atoms with van der Waals surface area (Å²) < 4.78 is 24.5. The molecule has 6 atom stereocenters. The third kappa shape index (κ3) is 16.9. The molecule has 4 rings (SSSR count). The quantitative estimate of drug-likeness (QED) is 0.0972. The number of hydrogen-bond acceptors (Lipinski definition) is 5.